The summed E-state index contributed by atoms with van der Waals surface area (Å²) in [5.74, 6) is -3.71. The van der Waals surface area contributed by atoms with Gasteiger partial charge in [-0.3, -0.25) is 0 Å². The summed E-state index contributed by atoms with van der Waals surface area (Å²) >= 11 is 0. The third-order valence-corrected chi connectivity index (χ3v) is 3.22. The van der Waals surface area contributed by atoms with Crippen LogP contribution in [0.25, 0.3) is 0 Å². The standard InChI is InChI=1S/C16H19NO7/c1-4-12(13(19)23-3)17-16(14(20)21,15(22)24-5-2)10-6-8-11(18)9-7-10/h6-9,18H,4-5H2,1-3H3,(H,20,21). The minimum absolute atomic E-state index is 0.0545. The van der Waals surface area contributed by atoms with Gasteiger partial charge in [-0.25, -0.2) is 19.4 Å². The summed E-state index contributed by atoms with van der Waals surface area (Å²) in [6, 6.07) is 4.89. The molecule has 0 heterocycles. The van der Waals surface area contributed by atoms with Crippen molar-refractivity contribution in [2.24, 2.45) is 4.99 Å². The molecule has 0 spiro atoms. The van der Waals surface area contributed by atoms with Crippen LogP contribution < -0.4 is 0 Å². The lowest BCUT2D eigenvalue weighted by molar-refractivity contribution is -0.161. The molecular formula is C16H19NO7. The number of aliphatic carboxylic acids is 1. The first-order valence-corrected chi connectivity index (χ1v) is 7.20. The van der Waals surface area contributed by atoms with Crippen LogP contribution in [-0.4, -0.2) is 47.5 Å². The fourth-order valence-corrected chi connectivity index (χ4v) is 2.01. The Balaban J connectivity index is 3.68. The zero-order valence-corrected chi connectivity index (χ0v) is 13.6. The number of carboxylic acid groups (broad SMARTS) is 1. The van der Waals surface area contributed by atoms with Gasteiger partial charge in [-0.15, -0.1) is 0 Å². The van der Waals surface area contributed by atoms with Gasteiger partial charge in [-0.1, -0.05) is 19.1 Å². The molecule has 1 atom stereocenters. The second-order valence-electron chi connectivity index (χ2n) is 4.69. The predicted molar refractivity (Wildman–Crippen MR) is 83.8 cm³/mol. The molecule has 1 aromatic carbocycles. The highest BCUT2D eigenvalue weighted by molar-refractivity contribution is 6.37. The molecule has 0 aliphatic heterocycles. The Hall–Kier alpha value is -2.90. The molecule has 0 amide bonds. The fraction of sp³-hybridized carbons (Fsp3) is 0.375. The number of methoxy groups -OCH3 is 1. The van der Waals surface area contributed by atoms with Gasteiger partial charge in [0.25, 0.3) is 5.54 Å². The Labute approximate surface area is 138 Å². The Morgan fingerprint density at radius 3 is 2.17 bits per heavy atom. The van der Waals surface area contributed by atoms with Gasteiger partial charge in [-0.05, 0) is 25.5 Å². The summed E-state index contributed by atoms with van der Waals surface area (Å²) < 4.78 is 9.44. The van der Waals surface area contributed by atoms with E-state index in [1.807, 2.05) is 0 Å². The van der Waals surface area contributed by atoms with Crippen molar-refractivity contribution < 1.29 is 34.1 Å². The van der Waals surface area contributed by atoms with E-state index in [0.717, 1.165) is 7.11 Å². The quantitative estimate of drug-likeness (QED) is 0.436. The van der Waals surface area contributed by atoms with E-state index in [2.05, 4.69) is 9.73 Å². The monoisotopic (exact) mass is 337 g/mol. The van der Waals surface area contributed by atoms with Gasteiger partial charge in [-0.2, -0.15) is 0 Å². The van der Waals surface area contributed by atoms with Gasteiger partial charge in [0.05, 0.1) is 13.7 Å². The number of carboxylic acids is 1. The molecule has 130 valence electrons. The number of nitrogens with zero attached hydrogens (tertiary/aromatic N) is 1. The normalized spacial score (nSPS) is 13.7. The number of hydrogen-bond acceptors (Lipinski definition) is 7. The second-order valence-corrected chi connectivity index (χ2v) is 4.69. The summed E-state index contributed by atoms with van der Waals surface area (Å²) in [6.07, 6.45) is 0.0548. The first kappa shape index (κ1) is 19.1. The number of carbonyl (C=O) groups excluding carboxylic acids is 2. The van der Waals surface area contributed by atoms with Crippen molar-refractivity contribution in [3.63, 3.8) is 0 Å². The van der Waals surface area contributed by atoms with E-state index in [0.29, 0.717) is 0 Å². The molecule has 24 heavy (non-hydrogen) atoms. The lowest BCUT2D eigenvalue weighted by Crippen LogP contribution is -2.45. The molecule has 0 radical (unpaired) electrons. The molecule has 2 N–H and O–H groups in total. The number of aromatic hydroxyl groups is 1. The number of rotatable bonds is 7. The van der Waals surface area contributed by atoms with E-state index in [-0.39, 0.29) is 30.1 Å². The number of esters is 2. The smallest absolute Gasteiger partial charge is 0.351 e. The zero-order chi connectivity index (χ0) is 18.3. The molecule has 8 heteroatoms. The lowest BCUT2D eigenvalue weighted by atomic mass is 9.90. The Kier molecular flexibility index (Phi) is 6.46. The number of hydrogen-bond donors (Lipinski definition) is 2. The highest BCUT2D eigenvalue weighted by Crippen LogP contribution is 2.30. The summed E-state index contributed by atoms with van der Waals surface area (Å²) in [5.41, 5.74) is -2.74. The molecule has 0 aliphatic carbocycles. The van der Waals surface area contributed by atoms with E-state index < -0.39 is 23.4 Å². The third kappa shape index (κ3) is 3.70. The lowest BCUT2D eigenvalue weighted by Gasteiger charge is -2.24. The Morgan fingerprint density at radius 1 is 1.17 bits per heavy atom. The highest BCUT2D eigenvalue weighted by Gasteiger charge is 2.50. The molecule has 1 rings (SSSR count). The number of aliphatic imine (C=N–C) groups is 1. The minimum atomic E-state index is -2.47. The van der Waals surface area contributed by atoms with Gasteiger partial charge in [0.15, 0.2) is 0 Å². The Bertz CT molecular complexity index is 651. The van der Waals surface area contributed by atoms with Crippen LogP contribution in [0.5, 0.6) is 5.75 Å². The predicted octanol–water partition coefficient (Wildman–Crippen LogP) is 1.26. The van der Waals surface area contributed by atoms with Crippen LogP contribution in [0.1, 0.15) is 25.8 Å². The number of benzene rings is 1. The van der Waals surface area contributed by atoms with E-state index in [1.54, 1.807) is 6.92 Å². The molecule has 1 aromatic rings. The van der Waals surface area contributed by atoms with Crippen molar-refractivity contribution in [2.45, 2.75) is 25.8 Å². The molecule has 0 saturated carbocycles. The van der Waals surface area contributed by atoms with Crippen LogP contribution in [0.2, 0.25) is 0 Å². The van der Waals surface area contributed by atoms with E-state index >= 15 is 0 Å². The second kappa shape index (κ2) is 8.09. The average Bonchev–Trinajstić information content (AvgIpc) is 2.56. The number of carbonyl (C=O) groups is 3. The first-order chi connectivity index (χ1) is 11.3. The Morgan fingerprint density at radius 2 is 1.75 bits per heavy atom. The SMILES string of the molecule is CCOC(=O)C(N=C(CC)C(=O)OC)(C(=O)O)c1ccc(O)cc1. The number of phenols is 1. The summed E-state index contributed by atoms with van der Waals surface area (Å²) in [6.45, 7) is 3.03. The van der Waals surface area contributed by atoms with Crippen LogP contribution in [0.15, 0.2) is 29.3 Å². The minimum Gasteiger partial charge on any atom is -0.508 e. The molecular weight excluding hydrogens is 318 g/mol. The topological polar surface area (TPSA) is 122 Å². The molecule has 0 fully saturated rings. The van der Waals surface area contributed by atoms with Crippen LogP contribution in [0, 0.1) is 0 Å². The molecule has 0 saturated heterocycles. The van der Waals surface area contributed by atoms with Crippen LogP contribution >= 0.6 is 0 Å². The average molecular weight is 337 g/mol. The van der Waals surface area contributed by atoms with Crippen molar-refractivity contribution in [3.05, 3.63) is 29.8 Å². The van der Waals surface area contributed by atoms with Gasteiger partial charge >= 0.3 is 17.9 Å². The fourth-order valence-electron chi connectivity index (χ4n) is 2.01. The maximum atomic E-state index is 12.4. The maximum absolute atomic E-state index is 12.4. The zero-order valence-electron chi connectivity index (χ0n) is 13.6. The highest BCUT2D eigenvalue weighted by atomic mass is 16.5. The van der Waals surface area contributed by atoms with Gasteiger partial charge in [0, 0.05) is 5.56 Å². The summed E-state index contributed by atoms with van der Waals surface area (Å²) in [7, 11) is 1.13. The number of phenolic OH excluding ortho intramolecular Hbond substituents is 1. The van der Waals surface area contributed by atoms with E-state index in [9.17, 15) is 24.6 Å². The van der Waals surface area contributed by atoms with Gasteiger partial charge < -0.3 is 19.7 Å². The molecule has 0 aliphatic rings. The van der Waals surface area contributed by atoms with E-state index in [4.69, 9.17) is 4.74 Å². The van der Waals surface area contributed by atoms with Gasteiger partial charge in [0.1, 0.15) is 11.5 Å². The van der Waals surface area contributed by atoms with Crippen molar-refractivity contribution in [1.29, 1.82) is 0 Å². The van der Waals surface area contributed by atoms with Crippen LogP contribution in [0.3, 0.4) is 0 Å². The van der Waals surface area contributed by atoms with E-state index in [1.165, 1.54) is 31.2 Å². The van der Waals surface area contributed by atoms with Gasteiger partial charge in [0.2, 0.25) is 0 Å². The van der Waals surface area contributed by atoms with Crippen molar-refractivity contribution in [3.8, 4) is 5.75 Å². The van der Waals surface area contributed by atoms with Crippen molar-refractivity contribution in [1.82, 2.24) is 0 Å². The molecule has 8 nitrogen and oxygen atoms in total. The third-order valence-electron chi connectivity index (χ3n) is 3.22. The van der Waals surface area contributed by atoms with Crippen molar-refractivity contribution in [2.75, 3.05) is 13.7 Å². The van der Waals surface area contributed by atoms with Crippen LogP contribution in [-0.2, 0) is 29.4 Å². The number of ether oxygens (including phenoxy) is 2. The maximum Gasteiger partial charge on any atom is 0.351 e. The first-order valence-electron chi connectivity index (χ1n) is 7.20. The summed E-state index contributed by atoms with van der Waals surface area (Å²) in [4.78, 5) is 40.1. The molecule has 0 bridgehead atoms. The molecule has 0 aromatic heterocycles. The largest absolute Gasteiger partial charge is 0.508 e. The van der Waals surface area contributed by atoms with Crippen LogP contribution in [0.4, 0.5) is 0 Å². The summed E-state index contributed by atoms with van der Waals surface area (Å²) in [5, 5.41) is 19.1. The molecule has 1 unspecified atom stereocenters. The van der Waals surface area contributed by atoms with Crippen molar-refractivity contribution >= 4 is 23.6 Å².